The fourth-order valence-corrected chi connectivity index (χ4v) is 1.68. The van der Waals surface area contributed by atoms with Crippen molar-refractivity contribution in [3.63, 3.8) is 0 Å². The lowest BCUT2D eigenvalue weighted by molar-refractivity contribution is -0.124. The van der Waals surface area contributed by atoms with Crippen LogP contribution in [0.1, 0.15) is 17.9 Å². The summed E-state index contributed by atoms with van der Waals surface area (Å²) in [6.45, 7) is 1.62. The van der Waals surface area contributed by atoms with E-state index in [0.717, 1.165) is 4.88 Å². The zero-order valence-electron chi connectivity index (χ0n) is 6.73. The normalized spacial score (nSPS) is 15.5. The topological polar surface area (TPSA) is 63.3 Å². The van der Waals surface area contributed by atoms with Crippen LogP contribution in [0.2, 0.25) is 0 Å². The Hall–Kier alpha value is -0.870. The highest BCUT2D eigenvalue weighted by atomic mass is 32.1. The molecule has 0 aromatic carbocycles. The Bertz CT molecular complexity index is 258. The van der Waals surface area contributed by atoms with Crippen LogP contribution in [0.15, 0.2) is 17.5 Å². The van der Waals surface area contributed by atoms with Gasteiger partial charge in [0.05, 0.1) is 12.0 Å². The van der Waals surface area contributed by atoms with Gasteiger partial charge in [-0.05, 0) is 11.4 Å². The number of thiophene rings is 1. The maximum Gasteiger partial charge on any atom is 0.223 e. The first kappa shape index (κ1) is 9.22. The Labute approximate surface area is 74.8 Å². The molecule has 0 aliphatic carbocycles. The summed E-state index contributed by atoms with van der Waals surface area (Å²) >= 11 is 1.42. The Balaban J connectivity index is 2.71. The summed E-state index contributed by atoms with van der Waals surface area (Å²) in [4.78, 5) is 11.5. The van der Waals surface area contributed by atoms with Gasteiger partial charge in [0.15, 0.2) is 0 Å². The maximum atomic E-state index is 10.7. The molecule has 0 radical (unpaired) electrons. The summed E-state index contributed by atoms with van der Waals surface area (Å²) in [6.07, 6.45) is -0.762. The number of rotatable bonds is 3. The lowest BCUT2D eigenvalue weighted by atomic mass is 10.0. The van der Waals surface area contributed by atoms with Crippen LogP contribution >= 0.6 is 11.3 Å². The molecule has 12 heavy (non-hydrogen) atoms. The van der Waals surface area contributed by atoms with Crippen molar-refractivity contribution in [1.82, 2.24) is 0 Å². The largest absolute Gasteiger partial charge is 0.387 e. The minimum Gasteiger partial charge on any atom is -0.387 e. The van der Waals surface area contributed by atoms with E-state index in [0.29, 0.717) is 0 Å². The van der Waals surface area contributed by atoms with E-state index in [4.69, 9.17) is 5.73 Å². The number of carbonyl (C=O) groups is 1. The van der Waals surface area contributed by atoms with Crippen molar-refractivity contribution in [2.24, 2.45) is 11.7 Å². The molecule has 2 atom stereocenters. The molecule has 3 nitrogen and oxygen atoms in total. The van der Waals surface area contributed by atoms with Crippen LogP contribution in [0.25, 0.3) is 0 Å². The quantitative estimate of drug-likeness (QED) is 0.735. The van der Waals surface area contributed by atoms with Crippen molar-refractivity contribution in [2.75, 3.05) is 0 Å². The summed E-state index contributed by atoms with van der Waals surface area (Å²) in [7, 11) is 0. The Morgan fingerprint density at radius 3 is 2.83 bits per heavy atom. The third-order valence-corrected chi connectivity index (χ3v) is 2.70. The fourth-order valence-electron chi connectivity index (χ4n) is 0.862. The highest BCUT2D eigenvalue weighted by Crippen LogP contribution is 2.25. The van der Waals surface area contributed by atoms with Gasteiger partial charge in [0.1, 0.15) is 0 Å². The van der Waals surface area contributed by atoms with Gasteiger partial charge in [0.25, 0.3) is 0 Å². The predicted octanol–water partition coefficient (Wildman–Crippen LogP) is 0.903. The molecule has 4 heteroatoms. The van der Waals surface area contributed by atoms with Gasteiger partial charge in [-0.2, -0.15) is 0 Å². The van der Waals surface area contributed by atoms with Crippen LogP contribution < -0.4 is 5.73 Å². The molecule has 0 saturated carbocycles. The predicted molar refractivity (Wildman–Crippen MR) is 47.6 cm³/mol. The molecule has 3 N–H and O–H groups in total. The minimum atomic E-state index is -0.762. The third kappa shape index (κ3) is 1.84. The number of amides is 1. The van der Waals surface area contributed by atoms with Gasteiger partial charge in [-0.1, -0.05) is 13.0 Å². The van der Waals surface area contributed by atoms with E-state index in [1.54, 1.807) is 13.0 Å². The zero-order chi connectivity index (χ0) is 9.14. The zero-order valence-corrected chi connectivity index (χ0v) is 7.54. The number of hydrogen-bond donors (Lipinski definition) is 2. The van der Waals surface area contributed by atoms with Crippen molar-refractivity contribution in [3.05, 3.63) is 22.4 Å². The van der Waals surface area contributed by atoms with Crippen molar-refractivity contribution >= 4 is 17.2 Å². The molecule has 0 saturated heterocycles. The Morgan fingerprint density at radius 2 is 2.42 bits per heavy atom. The summed E-state index contributed by atoms with van der Waals surface area (Å²) in [5.74, 6) is -1.00. The van der Waals surface area contributed by atoms with E-state index in [9.17, 15) is 9.90 Å². The van der Waals surface area contributed by atoms with Crippen molar-refractivity contribution < 1.29 is 9.90 Å². The van der Waals surface area contributed by atoms with Gasteiger partial charge in [-0.25, -0.2) is 0 Å². The molecule has 1 aromatic heterocycles. The molecule has 0 aliphatic rings. The number of aliphatic hydroxyl groups is 1. The average molecular weight is 185 g/mol. The second-order valence-corrected chi connectivity index (χ2v) is 3.63. The molecule has 1 aromatic rings. The van der Waals surface area contributed by atoms with E-state index in [-0.39, 0.29) is 0 Å². The fraction of sp³-hybridized carbons (Fsp3) is 0.375. The molecule has 0 bridgehead atoms. The van der Waals surface area contributed by atoms with Crippen LogP contribution in [-0.4, -0.2) is 11.0 Å². The second-order valence-electron chi connectivity index (χ2n) is 2.65. The van der Waals surface area contributed by atoms with Crippen LogP contribution in [0, 0.1) is 5.92 Å². The summed E-state index contributed by atoms with van der Waals surface area (Å²) in [5.41, 5.74) is 5.05. The van der Waals surface area contributed by atoms with Crippen LogP contribution in [0.4, 0.5) is 0 Å². The first-order valence-electron chi connectivity index (χ1n) is 3.63. The Kier molecular flexibility index (Phi) is 2.83. The molecule has 0 fully saturated rings. The first-order valence-corrected chi connectivity index (χ1v) is 4.51. The van der Waals surface area contributed by atoms with Crippen molar-refractivity contribution in [1.29, 1.82) is 0 Å². The molecule has 1 rings (SSSR count). The van der Waals surface area contributed by atoms with E-state index in [1.165, 1.54) is 11.3 Å². The first-order chi connectivity index (χ1) is 5.63. The van der Waals surface area contributed by atoms with Gasteiger partial charge < -0.3 is 10.8 Å². The van der Waals surface area contributed by atoms with Crippen LogP contribution in [0.3, 0.4) is 0 Å². The van der Waals surface area contributed by atoms with Gasteiger partial charge >= 0.3 is 0 Å². The van der Waals surface area contributed by atoms with Gasteiger partial charge in [-0.3, -0.25) is 4.79 Å². The van der Waals surface area contributed by atoms with Gasteiger partial charge in [0.2, 0.25) is 5.91 Å². The van der Waals surface area contributed by atoms with Gasteiger partial charge in [0, 0.05) is 4.88 Å². The highest BCUT2D eigenvalue weighted by Gasteiger charge is 2.21. The van der Waals surface area contributed by atoms with E-state index >= 15 is 0 Å². The van der Waals surface area contributed by atoms with Gasteiger partial charge in [-0.15, -0.1) is 11.3 Å². The molecular formula is C8H11NO2S. The summed E-state index contributed by atoms with van der Waals surface area (Å²) in [5, 5.41) is 11.4. The third-order valence-electron chi connectivity index (χ3n) is 1.76. The lowest BCUT2D eigenvalue weighted by Crippen LogP contribution is -2.25. The standard InChI is InChI=1S/C8H11NO2S/c1-5(8(9)11)7(10)6-3-2-4-12-6/h2-5,7,10H,1H3,(H2,9,11). The Morgan fingerprint density at radius 1 is 1.75 bits per heavy atom. The molecule has 66 valence electrons. The summed E-state index contributed by atoms with van der Waals surface area (Å²) < 4.78 is 0. The van der Waals surface area contributed by atoms with Crippen LogP contribution in [-0.2, 0) is 4.79 Å². The van der Waals surface area contributed by atoms with Crippen LogP contribution in [0.5, 0.6) is 0 Å². The second kappa shape index (κ2) is 3.69. The minimum absolute atomic E-state index is 0.476. The maximum absolute atomic E-state index is 10.7. The van der Waals surface area contributed by atoms with Crippen molar-refractivity contribution in [2.45, 2.75) is 13.0 Å². The average Bonchev–Trinajstić information content (AvgIpc) is 2.53. The smallest absolute Gasteiger partial charge is 0.223 e. The lowest BCUT2D eigenvalue weighted by Gasteiger charge is -2.13. The molecule has 1 amide bonds. The molecule has 0 spiro atoms. The monoisotopic (exact) mass is 185 g/mol. The highest BCUT2D eigenvalue weighted by molar-refractivity contribution is 7.10. The van der Waals surface area contributed by atoms with E-state index in [2.05, 4.69) is 0 Å². The molecule has 1 heterocycles. The summed E-state index contributed by atoms with van der Waals surface area (Å²) in [6, 6.07) is 3.62. The number of primary amides is 1. The number of nitrogens with two attached hydrogens (primary N) is 1. The van der Waals surface area contributed by atoms with E-state index in [1.807, 2.05) is 11.4 Å². The SMILES string of the molecule is CC(C(N)=O)C(O)c1cccs1. The number of hydrogen-bond acceptors (Lipinski definition) is 3. The number of carbonyl (C=O) groups excluding carboxylic acids is 1. The van der Waals surface area contributed by atoms with Crippen molar-refractivity contribution in [3.8, 4) is 0 Å². The van der Waals surface area contributed by atoms with E-state index < -0.39 is 17.9 Å². The molecule has 2 unspecified atom stereocenters. The number of aliphatic hydroxyl groups excluding tert-OH is 1. The molecule has 0 aliphatic heterocycles. The molecular weight excluding hydrogens is 174 g/mol.